The average molecular weight is 262 g/mol. The number of rotatable bonds is 1. The molecule has 1 aliphatic carbocycles. The number of nitrogens with one attached hydrogen (secondary N) is 1. The predicted molar refractivity (Wildman–Crippen MR) is 74.1 cm³/mol. The van der Waals surface area contributed by atoms with Gasteiger partial charge in [0, 0.05) is 34.5 Å². The highest BCUT2D eigenvalue weighted by atomic mass is 35.5. The number of ketones is 1. The van der Waals surface area contributed by atoms with Gasteiger partial charge in [-0.2, -0.15) is 0 Å². The van der Waals surface area contributed by atoms with Crippen LogP contribution in [0.1, 0.15) is 37.7 Å². The Balaban J connectivity index is 2.04. The number of halogens is 1. The van der Waals surface area contributed by atoms with Crippen LogP contribution in [0.5, 0.6) is 0 Å². The van der Waals surface area contributed by atoms with Crippen molar-refractivity contribution in [3.05, 3.63) is 35.0 Å². The fraction of sp³-hybridized carbons (Fsp3) is 0.400. The zero-order chi connectivity index (χ0) is 12.7. The van der Waals surface area contributed by atoms with E-state index in [1.54, 1.807) is 0 Å². The molecule has 1 aromatic heterocycles. The van der Waals surface area contributed by atoms with Crippen molar-refractivity contribution in [2.24, 2.45) is 5.92 Å². The molecule has 1 aliphatic rings. The van der Waals surface area contributed by atoms with Gasteiger partial charge in [-0.1, -0.05) is 18.5 Å². The van der Waals surface area contributed by atoms with E-state index in [0.29, 0.717) is 18.1 Å². The number of carbonyl (C=O) groups excluding carboxylic acids is 1. The van der Waals surface area contributed by atoms with Crippen LogP contribution in [-0.4, -0.2) is 10.8 Å². The van der Waals surface area contributed by atoms with Gasteiger partial charge in [-0.25, -0.2) is 0 Å². The molecule has 0 bridgehead atoms. The SMILES string of the molecule is C[C@H]1CC[C@H](c2c[nH]c3ccc(Cl)cc23)C(=O)C1. The van der Waals surface area contributed by atoms with Crippen molar-refractivity contribution in [1.29, 1.82) is 0 Å². The maximum atomic E-state index is 12.2. The first kappa shape index (κ1) is 11.8. The van der Waals surface area contributed by atoms with E-state index < -0.39 is 0 Å². The van der Waals surface area contributed by atoms with E-state index >= 15 is 0 Å². The molecule has 0 amide bonds. The second-order valence-corrected chi connectivity index (χ2v) is 5.78. The van der Waals surface area contributed by atoms with Crippen molar-refractivity contribution in [1.82, 2.24) is 4.98 Å². The number of carbonyl (C=O) groups is 1. The molecule has 94 valence electrons. The summed E-state index contributed by atoms with van der Waals surface area (Å²) in [4.78, 5) is 15.4. The molecule has 1 aromatic carbocycles. The lowest BCUT2D eigenvalue weighted by Gasteiger charge is -2.24. The Morgan fingerprint density at radius 1 is 1.33 bits per heavy atom. The molecule has 18 heavy (non-hydrogen) atoms. The number of aromatic nitrogens is 1. The molecular formula is C15H16ClNO. The Morgan fingerprint density at radius 3 is 2.94 bits per heavy atom. The van der Waals surface area contributed by atoms with Gasteiger partial charge in [0.2, 0.25) is 0 Å². The highest BCUT2D eigenvalue weighted by molar-refractivity contribution is 6.31. The smallest absolute Gasteiger partial charge is 0.140 e. The lowest BCUT2D eigenvalue weighted by Crippen LogP contribution is -2.21. The van der Waals surface area contributed by atoms with Crippen LogP contribution >= 0.6 is 11.6 Å². The highest BCUT2D eigenvalue weighted by Gasteiger charge is 2.29. The maximum absolute atomic E-state index is 12.2. The van der Waals surface area contributed by atoms with Gasteiger partial charge in [-0.15, -0.1) is 0 Å². The van der Waals surface area contributed by atoms with E-state index in [1.165, 1.54) is 0 Å². The molecule has 0 aliphatic heterocycles. The number of H-pyrrole nitrogens is 1. The van der Waals surface area contributed by atoms with Crippen molar-refractivity contribution in [2.75, 3.05) is 0 Å². The first-order valence-corrected chi connectivity index (χ1v) is 6.82. The molecule has 0 radical (unpaired) electrons. The fourth-order valence-electron chi connectivity index (χ4n) is 2.93. The standard InChI is InChI=1S/C15H16ClNO/c1-9-2-4-11(15(18)6-9)13-8-17-14-5-3-10(16)7-12(13)14/h3,5,7-9,11,17H,2,4,6H2,1H3/t9-,11+/m0/s1. The van der Waals surface area contributed by atoms with Gasteiger partial charge in [0.1, 0.15) is 5.78 Å². The summed E-state index contributed by atoms with van der Waals surface area (Å²) in [5, 5.41) is 1.82. The van der Waals surface area contributed by atoms with Crippen molar-refractivity contribution in [2.45, 2.75) is 32.1 Å². The van der Waals surface area contributed by atoms with Crippen LogP contribution in [0.25, 0.3) is 10.9 Å². The van der Waals surface area contributed by atoms with Crippen LogP contribution in [0.3, 0.4) is 0 Å². The Hall–Kier alpha value is -1.28. The number of benzene rings is 1. The Labute approximate surface area is 111 Å². The molecule has 2 nitrogen and oxygen atoms in total. The van der Waals surface area contributed by atoms with Crippen LogP contribution in [0.4, 0.5) is 0 Å². The molecule has 1 fully saturated rings. The zero-order valence-electron chi connectivity index (χ0n) is 10.4. The van der Waals surface area contributed by atoms with Crippen LogP contribution < -0.4 is 0 Å². The largest absolute Gasteiger partial charge is 0.361 e. The Kier molecular flexibility index (Phi) is 2.90. The minimum absolute atomic E-state index is 0.0495. The summed E-state index contributed by atoms with van der Waals surface area (Å²) in [7, 11) is 0. The monoisotopic (exact) mass is 261 g/mol. The van der Waals surface area contributed by atoms with E-state index in [1.807, 2.05) is 24.4 Å². The van der Waals surface area contributed by atoms with Gasteiger partial charge in [0.25, 0.3) is 0 Å². The normalized spacial score (nSPS) is 24.7. The second-order valence-electron chi connectivity index (χ2n) is 5.34. The molecule has 2 aromatic rings. The summed E-state index contributed by atoms with van der Waals surface area (Å²) < 4.78 is 0. The molecule has 3 heteroatoms. The summed E-state index contributed by atoms with van der Waals surface area (Å²) in [6, 6.07) is 5.79. The van der Waals surface area contributed by atoms with E-state index in [9.17, 15) is 4.79 Å². The van der Waals surface area contributed by atoms with E-state index in [0.717, 1.165) is 34.3 Å². The summed E-state index contributed by atoms with van der Waals surface area (Å²) in [5.74, 6) is 0.950. The van der Waals surface area contributed by atoms with Crippen LogP contribution in [-0.2, 0) is 4.79 Å². The topological polar surface area (TPSA) is 32.9 Å². The van der Waals surface area contributed by atoms with E-state index in [-0.39, 0.29) is 5.92 Å². The van der Waals surface area contributed by atoms with Crippen LogP contribution in [0.2, 0.25) is 5.02 Å². The molecule has 0 unspecified atom stereocenters. The molecule has 1 saturated carbocycles. The molecule has 0 spiro atoms. The third-order valence-electron chi connectivity index (χ3n) is 3.94. The van der Waals surface area contributed by atoms with Crippen LogP contribution in [0, 0.1) is 5.92 Å². The molecule has 1 heterocycles. The minimum Gasteiger partial charge on any atom is -0.361 e. The second kappa shape index (κ2) is 4.43. The highest BCUT2D eigenvalue weighted by Crippen LogP contribution is 2.36. The van der Waals surface area contributed by atoms with Gasteiger partial charge >= 0.3 is 0 Å². The summed E-state index contributed by atoms with van der Waals surface area (Å²) >= 11 is 6.05. The minimum atomic E-state index is 0.0495. The Morgan fingerprint density at radius 2 is 2.17 bits per heavy atom. The third-order valence-corrected chi connectivity index (χ3v) is 4.17. The van der Waals surface area contributed by atoms with Crippen molar-refractivity contribution >= 4 is 28.3 Å². The van der Waals surface area contributed by atoms with Gasteiger partial charge < -0.3 is 4.98 Å². The number of hydrogen-bond acceptors (Lipinski definition) is 1. The molecule has 1 N–H and O–H groups in total. The van der Waals surface area contributed by atoms with Crippen molar-refractivity contribution < 1.29 is 4.79 Å². The first-order chi connectivity index (χ1) is 8.65. The summed E-state index contributed by atoms with van der Waals surface area (Å²) in [6.07, 6.45) is 4.76. The van der Waals surface area contributed by atoms with Gasteiger partial charge in [0.15, 0.2) is 0 Å². The number of hydrogen-bond donors (Lipinski definition) is 1. The molecule has 3 rings (SSSR count). The average Bonchev–Trinajstić information content (AvgIpc) is 2.72. The predicted octanol–water partition coefficient (Wildman–Crippen LogP) is 4.29. The molecule has 2 atom stereocenters. The summed E-state index contributed by atoms with van der Waals surface area (Å²) in [5.41, 5.74) is 2.17. The van der Waals surface area contributed by atoms with Crippen molar-refractivity contribution in [3.63, 3.8) is 0 Å². The number of Topliss-reactive ketones (excluding diaryl/α,β-unsaturated/α-hetero) is 1. The summed E-state index contributed by atoms with van der Waals surface area (Å²) in [6.45, 7) is 2.15. The van der Waals surface area contributed by atoms with Crippen LogP contribution in [0.15, 0.2) is 24.4 Å². The molecule has 0 saturated heterocycles. The lowest BCUT2D eigenvalue weighted by molar-refractivity contribution is -0.122. The van der Waals surface area contributed by atoms with Crippen molar-refractivity contribution in [3.8, 4) is 0 Å². The van der Waals surface area contributed by atoms with Gasteiger partial charge in [0.05, 0.1) is 0 Å². The van der Waals surface area contributed by atoms with E-state index in [4.69, 9.17) is 11.6 Å². The maximum Gasteiger partial charge on any atom is 0.140 e. The zero-order valence-corrected chi connectivity index (χ0v) is 11.1. The number of fused-ring (bicyclic) bond motifs is 1. The quantitative estimate of drug-likeness (QED) is 0.816. The first-order valence-electron chi connectivity index (χ1n) is 6.44. The molecular weight excluding hydrogens is 246 g/mol. The van der Waals surface area contributed by atoms with E-state index in [2.05, 4.69) is 11.9 Å². The fourth-order valence-corrected chi connectivity index (χ4v) is 3.10. The van der Waals surface area contributed by atoms with Gasteiger partial charge in [-0.05, 0) is 42.5 Å². The Bertz CT molecular complexity index is 602. The third kappa shape index (κ3) is 1.95. The number of aromatic amines is 1. The van der Waals surface area contributed by atoms with Gasteiger partial charge in [-0.3, -0.25) is 4.79 Å². The lowest BCUT2D eigenvalue weighted by atomic mass is 9.78.